The molecule has 0 saturated heterocycles. The monoisotopic (exact) mass is 875 g/mol. The van der Waals surface area contributed by atoms with E-state index in [0.717, 1.165) is 42.3 Å². The molecule has 0 aliphatic rings. The quantitative estimate of drug-likeness (QED) is 0.0847. The topological polar surface area (TPSA) is 50.2 Å². The fraction of sp³-hybridized carbons (Fsp3) is 0.348. The van der Waals surface area contributed by atoms with Crippen LogP contribution in [0.25, 0.3) is 53.3 Å². The van der Waals surface area contributed by atoms with Gasteiger partial charge in [-0.15, -0.1) is 40.5 Å². The van der Waals surface area contributed by atoms with Crippen LogP contribution in [0.3, 0.4) is 0 Å². The number of aliphatic hydroxyl groups excluding tert-OH is 1. The molecule has 0 amide bonds. The number of nitrogens with zero attached hydrogens (tertiary/aromatic N) is 1. The fourth-order valence-corrected chi connectivity index (χ4v) is 8.57. The molecule has 1 radical (unpaired) electrons. The Kier molecular flexibility index (Phi) is 14.0. The van der Waals surface area contributed by atoms with E-state index in [1.165, 1.54) is 65.0 Å². The van der Waals surface area contributed by atoms with Crippen molar-refractivity contribution in [3.63, 3.8) is 0 Å². The van der Waals surface area contributed by atoms with Gasteiger partial charge >= 0.3 is 0 Å². The van der Waals surface area contributed by atoms with Gasteiger partial charge in [0.05, 0.1) is 5.76 Å². The smallest absolute Gasteiger partial charge is 0.162 e. The molecule has 0 aliphatic carbocycles. The zero-order chi connectivity index (χ0) is 36.1. The Labute approximate surface area is 322 Å². The predicted molar refractivity (Wildman–Crippen MR) is 217 cm³/mol. The van der Waals surface area contributed by atoms with Gasteiger partial charge in [-0.3, -0.25) is 9.78 Å². The van der Waals surface area contributed by atoms with Gasteiger partial charge in [0.25, 0.3) is 0 Å². The third-order valence-electron chi connectivity index (χ3n) is 10.1. The van der Waals surface area contributed by atoms with E-state index < -0.39 is 0 Å². The third-order valence-corrected chi connectivity index (χ3v) is 11.3. The molecule has 0 fully saturated rings. The Bertz CT molecular complexity index is 2140. The molecule has 51 heavy (non-hydrogen) atoms. The van der Waals surface area contributed by atoms with Crippen molar-refractivity contribution in [2.75, 3.05) is 0 Å². The maximum absolute atomic E-state index is 11.7. The van der Waals surface area contributed by atoms with Crippen LogP contribution < -0.4 is 0 Å². The summed E-state index contributed by atoms with van der Waals surface area (Å²) in [6, 6.07) is 28.2. The van der Waals surface area contributed by atoms with Crippen LogP contribution in [0.15, 0.2) is 84.8 Å². The Morgan fingerprint density at radius 3 is 2.10 bits per heavy atom. The van der Waals surface area contributed by atoms with Crippen LogP contribution in [0.4, 0.5) is 0 Å². The Morgan fingerprint density at radius 1 is 0.824 bits per heavy atom. The second-order valence-corrected chi connectivity index (χ2v) is 15.0. The molecule has 0 aliphatic heterocycles. The van der Waals surface area contributed by atoms with Gasteiger partial charge in [-0.05, 0) is 97.5 Å². The number of ketones is 1. The summed E-state index contributed by atoms with van der Waals surface area (Å²) >= 11 is 1.84. The van der Waals surface area contributed by atoms with Gasteiger partial charge < -0.3 is 5.11 Å². The maximum Gasteiger partial charge on any atom is 0.162 e. The van der Waals surface area contributed by atoms with Gasteiger partial charge in [-0.1, -0.05) is 101 Å². The van der Waals surface area contributed by atoms with Crippen LogP contribution in [0.5, 0.6) is 0 Å². The zero-order valence-electron chi connectivity index (χ0n) is 31.6. The van der Waals surface area contributed by atoms with Crippen molar-refractivity contribution in [3.05, 3.63) is 113 Å². The summed E-state index contributed by atoms with van der Waals surface area (Å²) in [4.78, 5) is 16.6. The van der Waals surface area contributed by atoms with Gasteiger partial charge in [-0.2, -0.15) is 0 Å². The van der Waals surface area contributed by atoms with Crippen molar-refractivity contribution in [1.82, 2.24) is 4.98 Å². The molecular weight excluding hydrogens is 823 g/mol. The number of aryl methyl sites for hydroxylation is 3. The summed E-state index contributed by atoms with van der Waals surface area (Å²) < 4.78 is 2.54. The summed E-state index contributed by atoms with van der Waals surface area (Å²) in [7, 11) is 0. The number of aromatic nitrogens is 1. The van der Waals surface area contributed by atoms with Gasteiger partial charge in [0.2, 0.25) is 0 Å². The molecule has 1 N–H and O–H groups in total. The first-order chi connectivity index (χ1) is 24.0. The van der Waals surface area contributed by atoms with E-state index in [2.05, 4.69) is 107 Å². The second-order valence-electron chi connectivity index (χ2n) is 14.0. The number of aliphatic hydroxyl groups is 1. The molecule has 2 aromatic heterocycles. The van der Waals surface area contributed by atoms with Crippen LogP contribution in [-0.4, -0.2) is 15.9 Å². The van der Waals surface area contributed by atoms with E-state index in [1.54, 1.807) is 0 Å². The number of rotatable bonds is 10. The van der Waals surface area contributed by atoms with Crippen LogP contribution in [0.1, 0.15) is 95.4 Å². The number of thiophene rings is 1. The standard InChI is InChI=1S/C33H28NS.C13H24O2.Ir/c1-19(2)29-17-25(16-23-8-6-7-9-26(23)29)32-33-28(12-13-34-32)27-11-10-24(18-30(27)35-33)31-21(4)14-20(3)15-22(31)5;1-5-10(6-2)12(14)9-13(15)11(7-3)8-4;/h6-15,17-19H,1-5H3;9-11,14H,5-8H2,1-4H3;/q-1;;/b;12-9-;. The SMILES string of the molecule is CCC(CC)C(=O)/C=C(\O)C(CC)CC.Cc1cc(C)c(-c2ccc3c(c2)sc2c(-c4[c-]c5ccccc5c(C(C)C)c4)nccc23)c(C)c1.[Ir]. The number of fused-ring (bicyclic) bond motifs is 4. The molecule has 0 saturated carbocycles. The first-order valence-electron chi connectivity index (χ1n) is 18.3. The van der Waals surface area contributed by atoms with Gasteiger partial charge in [-0.25, -0.2) is 0 Å². The molecule has 0 unspecified atom stereocenters. The summed E-state index contributed by atoms with van der Waals surface area (Å²) in [5, 5.41) is 14.8. The molecule has 6 rings (SSSR count). The van der Waals surface area contributed by atoms with Crippen molar-refractivity contribution >= 4 is 48.1 Å². The molecule has 269 valence electrons. The first-order valence-corrected chi connectivity index (χ1v) is 19.1. The van der Waals surface area contributed by atoms with Gasteiger partial charge in [0.15, 0.2) is 5.78 Å². The fourth-order valence-electron chi connectivity index (χ4n) is 7.33. The maximum atomic E-state index is 11.7. The molecule has 0 spiro atoms. The normalized spacial score (nSPS) is 11.8. The largest absolute Gasteiger partial charge is 0.512 e. The van der Waals surface area contributed by atoms with Crippen LogP contribution in [-0.2, 0) is 24.9 Å². The summed E-state index contributed by atoms with van der Waals surface area (Å²) in [5.41, 5.74) is 10.1. The molecule has 0 bridgehead atoms. The summed E-state index contributed by atoms with van der Waals surface area (Å²) in [6.45, 7) is 19.2. The van der Waals surface area contributed by atoms with Crippen LogP contribution >= 0.6 is 11.3 Å². The number of allylic oxidation sites excluding steroid dienone is 2. The summed E-state index contributed by atoms with van der Waals surface area (Å²) in [5.74, 6) is 0.976. The van der Waals surface area contributed by atoms with E-state index >= 15 is 0 Å². The van der Waals surface area contributed by atoms with Crippen molar-refractivity contribution in [2.24, 2.45) is 11.8 Å². The van der Waals surface area contributed by atoms with E-state index in [0.29, 0.717) is 5.92 Å². The minimum Gasteiger partial charge on any atom is -0.512 e. The minimum atomic E-state index is 0. The predicted octanol–water partition coefficient (Wildman–Crippen LogP) is 13.7. The molecule has 5 heteroatoms. The van der Waals surface area contributed by atoms with Crippen LogP contribution in [0.2, 0.25) is 0 Å². The number of hydrogen-bond acceptors (Lipinski definition) is 4. The van der Waals surface area contributed by atoms with Crippen LogP contribution in [0, 0.1) is 38.7 Å². The molecule has 6 aromatic rings. The average molecular weight is 875 g/mol. The molecule has 3 nitrogen and oxygen atoms in total. The molecule has 0 atom stereocenters. The first kappa shape index (κ1) is 40.1. The molecular formula is C46H52IrNO2S-. The number of hydrogen-bond donors (Lipinski definition) is 1. The Morgan fingerprint density at radius 2 is 1.47 bits per heavy atom. The summed E-state index contributed by atoms with van der Waals surface area (Å²) in [6.07, 6.45) is 6.85. The van der Waals surface area contributed by atoms with E-state index in [9.17, 15) is 9.90 Å². The number of benzene rings is 4. The number of pyridine rings is 1. The molecule has 4 aromatic carbocycles. The Hall–Kier alpha value is -3.63. The van der Waals surface area contributed by atoms with Crippen molar-refractivity contribution in [3.8, 4) is 22.4 Å². The van der Waals surface area contributed by atoms with Crippen molar-refractivity contribution in [1.29, 1.82) is 0 Å². The number of carbonyl (C=O) groups is 1. The van der Waals surface area contributed by atoms with E-state index in [-0.39, 0.29) is 43.5 Å². The molecule has 2 heterocycles. The third kappa shape index (κ3) is 8.71. The van der Waals surface area contributed by atoms with Gasteiger partial charge in [0, 0.05) is 59.3 Å². The van der Waals surface area contributed by atoms with E-state index in [4.69, 9.17) is 4.98 Å². The Balaban J connectivity index is 0.000000312. The average Bonchev–Trinajstić information content (AvgIpc) is 3.47. The van der Waals surface area contributed by atoms with E-state index in [1.807, 2.05) is 45.2 Å². The zero-order valence-corrected chi connectivity index (χ0v) is 34.8. The minimum absolute atomic E-state index is 0. The van der Waals surface area contributed by atoms with Crippen molar-refractivity contribution < 1.29 is 30.0 Å². The second kappa shape index (κ2) is 17.7. The van der Waals surface area contributed by atoms with Gasteiger partial charge in [0.1, 0.15) is 0 Å². The van der Waals surface area contributed by atoms with Crippen molar-refractivity contribution in [2.45, 2.75) is 93.9 Å². The number of carbonyl (C=O) groups excluding carboxylic acids is 1.